The van der Waals surface area contributed by atoms with Crippen LogP contribution in [0.15, 0.2) is 18.2 Å². The molecule has 0 aromatic heterocycles. The molecule has 0 aliphatic rings. The van der Waals surface area contributed by atoms with Gasteiger partial charge in [-0.2, -0.15) is 13.2 Å². The molecule has 0 saturated carbocycles. The van der Waals surface area contributed by atoms with E-state index in [4.69, 9.17) is 23.2 Å². The van der Waals surface area contributed by atoms with Crippen molar-refractivity contribution in [2.45, 2.75) is 25.7 Å². The van der Waals surface area contributed by atoms with Gasteiger partial charge in [-0.3, -0.25) is 0 Å². The number of halogens is 5. The topological polar surface area (TPSA) is 50.4 Å². The largest absolute Gasteiger partial charge is 0.411 e. The highest BCUT2D eigenvalue weighted by Crippen LogP contribution is 2.20. The van der Waals surface area contributed by atoms with Gasteiger partial charge < -0.3 is 15.4 Å². The summed E-state index contributed by atoms with van der Waals surface area (Å²) in [5, 5.41) is 5.89. The molecule has 1 rings (SSSR count). The average molecular weight is 359 g/mol. The van der Waals surface area contributed by atoms with Gasteiger partial charge in [0.1, 0.15) is 6.61 Å². The highest BCUT2D eigenvalue weighted by atomic mass is 35.5. The molecule has 9 heteroatoms. The second-order valence-electron chi connectivity index (χ2n) is 4.59. The lowest BCUT2D eigenvalue weighted by Gasteiger charge is -2.16. The van der Waals surface area contributed by atoms with Crippen molar-refractivity contribution in [2.75, 3.05) is 13.2 Å². The zero-order chi connectivity index (χ0) is 16.8. The number of nitrogens with one attached hydrogen (secondary N) is 2. The van der Waals surface area contributed by atoms with Crippen molar-refractivity contribution >= 4 is 29.2 Å². The number of ether oxygens (including phenoxy) is 1. The zero-order valence-electron chi connectivity index (χ0n) is 11.6. The molecule has 1 aromatic rings. The molecule has 1 atom stereocenters. The number of hydrogen-bond donors (Lipinski definition) is 2. The highest BCUT2D eigenvalue weighted by molar-refractivity contribution is 6.35. The lowest BCUT2D eigenvalue weighted by atomic mass is 10.2. The Morgan fingerprint density at radius 3 is 2.64 bits per heavy atom. The molecule has 22 heavy (non-hydrogen) atoms. The minimum atomic E-state index is -4.38. The summed E-state index contributed by atoms with van der Waals surface area (Å²) in [7, 11) is 0. The molecule has 0 saturated heterocycles. The molecule has 1 unspecified atom stereocenters. The first-order chi connectivity index (χ1) is 10.2. The van der Waals surface area contributed by atoms with E-state index in [0.717, 1.165) is 0 Å². The van der Waals surface area contributed by atoms with Gasteiger partial charge in [0.15, 0.2) is 0 Å². The highest BCUT2D eigenvalue weighted by Gasteiger charge is 2.27. The summed E-state index contributed by atoms with van der Waals surface area (Å²) in [4.78, 5) is 11.6. The molecule has 0 radical (unpaired) electrons. The third kappa shape index (κ3) is 7.72. The lowest BCUT2D eigenvalue weighted by Crippen LogP contribution is -2.42. The van der Waals surface area contributed by atoms with Crippen LogP contribution >= 0.6 is 23.2 Å². The maximum Gasteiger partial charge on any atom is 0.411 e. The molecule has 0 aliphatic carbocycles. The van der Waals surface area contributed by atoms with Gasteiger partial charge in [0, 0.05) is 16.6 Å². The minimum Gasteiger partial charge on any atom is -0.370 e. The van der Waals surface area contributed by atoms with Crippen LogP contribution < -0.4 is 10.6 Å². The average Bonchev–Trinajstić information content (AvgIpc) is 2.36. The Hall–Kier alpha value is -1.18. The van der Waals surface area contributed by atoms with Gasteiger partial charge in [0.2, 0.25) is 0 Å². The number of amides is 2. The van der Waals surface area contributed by atoms with Crippen LogP contribution in [0.25, 0.3) is 0 Å². The maximum atomic E-state index is 11.9. The molecule has 1 aromatic carbocycles. The Labute approximate surface area is 135 Å². The van der Waals surface area contributed by atoms with Crippen molar-refractivity contribution in [1.29, 1.82) is 0 Å². The zero-order valence-corrected chi connectivity index (χ0v) is 13.1. The van der Waals surface area contributed by atoms with Crippen LogP contribution in [0, 0.1) is 0 Å². The van der Waals surface area contributed by atoms with E-state index in [9.17, 15) is 18.0 Å². The van der Waals surface area contributed by atoms with Crippen molar-refractivity contribution in [2.24, 2.45) is 0 Å². The molecule has 2 N–H and O–H groups in total. The summed E-state index contributed by atoms with van der Waals surface area (Å²) >= 11 is 11.7. The van der Waals surface area contributed by atoms with Gasteiger partial charge in [0.25, 0.3) is 0 Å². The van der Waals surface area contributed by atoms with E-state index < -0.39 is 24.9 Å². The van der Waals surface area contributed by atoms with Crippen molar-refractivity contribution < 1.29 is 22.7 Å². The molecule has 4 nitrogen and oxygen atoms in total. The second-order valence-corrected chi connectivity index (χ2v) is 5.44. The van der Waals surface area contributed by atoms with E-state index in [1.165, 1.54) is 6.92 Å². The summed E-state index contributed by atoms with van der Waals surface area (Å²) in [6, 6.07) is 3.75. The maximum absolute atomic E-state index is 11.9. The first-order valence-electron chi connectivity index (χ1n) is 6.30. The Morgan fingerprint density at radius 2 is 2.05 bits per heavy atom. The number of hydrogen-bond acceptors (Lipinski definition) is 2. The number of rotatable bonds is 6. The van der Waals surface area contributed by atoms with Crippen molar-refractivity contribution in [3.63, 3.8) is 0 Å². The van der Waals surface area contributed by atoms with Gasteiger partial charge >= 0.3 is 12.2 Å². The summed E-state index contributed by atoms with van der Waals surface area (Å²) in [6.45, 7) is 0.110. The minimum absolute atomic E-state index is 0.165. The fourth-order valence-electron chi connectivity index (χ4n) is 1.51. The SMILES string of the molecule is CC(COCC(F)(F)F)NC(=O)NCc1ccc(Cl)cc1Cl. The standard InChI is InChI=1S/C13H15Cl2F3N2O2/c1-8(6-22-7-13(16,17)18)20-12(21)19-5-9-2-3-10(14)4-11(9)15/h2-4,8H,5-7H2,1H3,(H2,19,20,21). The van der Waals surface area contributed by atoms with Crippen LogP contribution in [-0.2, 0) is 11.3 Å². The number of carbonyl (C=O) groups is 1. The molecule has 0 spiro atoms. The quantitative estimate of drug-likeness (QED) is 0.813. The first kappa shape index (κ1) is 18.9. The van der Waals surface area contributed by atoms with Gasteiger partial charge in [-0.25, -0.2) is 4.79 Å². The third-order valence-corrected chi connectivity index (χ3v) is 3.05. The number of benzene rings is 1. The Bertz CT molecular complexity index is 513. The van der Waals surface area contributed by atoms with Crippen LogP contribution in [0.4, 0.5) is 18.0 Å². The summed E-state index contributed by atoms with van der Waals surface area (Å²) in [5.41, 5.74) is 0.669. The first-order valence-corrected chi connectivity index (χ1v) is 7.06. The molecular weight excluding hydrogens is 344 g/mol. The van der Waals surface area contributed by atoms with E-state index in [1.54, 1.807) is 18.2 Å². The van der Waals surface area contributed by atoms with E-state index >= 15 is 0 Å². The molecule has 0 fully saturated rings. The number of urea groups is 1. The number of carbonyl (C=O) groups excluding carboxylic acids is 1. The van der Waals surface area contributed by atoms with Gasteiger partial charge in [0.05, 0.1) is 12.6 Å². The third-order valence-electron chi connectivity index (χ3n) is 2.47. The van der Waals surface area contributed by atoms with Gasteiger partial charge in [-0.15, -0.1) is 0 Å². The monoisotopic (exact) mass is 358 g/mol. The van der Waals surface area contributed by atoms with Crippen LogP contribution in [0.5, 0.6) is 0 Å². The van der Waals surface area contributed by atoms with Gasteiger partial charge in [-0.1, -0.05) is 29.3 Å². The van der Waals surface area contributed by atoms with Crippen molar-refractivity contribution in [3.8, 4) is 0 Å². The molecule has 0 bridgehead atoms. The van der Waals surface area contributed by atoms with Crippen LogP contribution in [0.1, 0.15) is 12.5 Å². The normalized spacial score (nSPS) is 12.8. The number of alkyl halides is 3. The lowest BCUT2D eigenvalue weighted by molar-refractivity contribution is -0.174. The molecule has 124 valence electrons. The van der Waals surface area contributed by atoms with Crippen molar-refractivity contribution in [3.05, 3.63) is 33.8 Å². The van der Waals surface area contributed by atoms with E-state index in [-0.39, 0.29) is 13.2 Å². The van der Waals surface area contributed by atoms with E-state index in [0.29, 0.717) is 15.6 Å². The Kier molecular flexibility index (Phi) is 7.25. The predicted molar refractivity (Wildman–Crippen MR) is 78.2 cm³/mol. The Morgan fingerprint density at radius 1 is 1.36 bits per heavy atom. The Balaban J connectivity index is 2.30. The smallest absolute Gasteiger partial charge is 0.370 e. The molecule has 2 amide bonds. The van der Waals surface area contributed by atoms with Crippen LogP contribution in [-0.4, -0.2) is 31.5 Å². The predicted octanol–water partition coefficient (Wildman–Crippen LogP) is 3.76. The second kappa shape index (κ2) is 8.45. The summed E-state index contributed by atoms with van der Waals surface area (Å²) < 4.78 is 40.1. The van der Waals surface area contributed by atoms with Gasteiger partial charge in [-0.05, 0) is 24.6 Å². The fraction of sp³-hybridized carbons (Fsp3) is 0.462. The summed E-state index contributed by atoms with van der Waals surface area (Å²) in [6.07, 6.45) is -4.38. The van der Waals surface area contributed by atoms with Crippen LogP contribution in [0.3, 0.4) is 0 Å². The van der Waals surface area contributed by atoms with Crippen LogP contribution in [0.2, 0.25) is 10.0 Å². The fourth-order valence-corrected chi connectivity index (χ4v) is 1.98. The summed E-state index contributed by atoms with van der Waals surface area (Å²) in [5.74, 6) is 0. The van der Waals surface area contributed by atoms with E-state index in [1.807, 2.05) is 0 Å². The molecule has 0 heterocycles. The molecule has 0 aliphatic heterocycles. The van der Waals surface area contributed by atoms with E-state index in [2.05, 4.69) is 15.4 Å². The van der Waals surface area contributed by atoms with Crippen molar-refractivity contribution in [1.82, 2.24) is 10.6 Å². The molecular formula is C13H15Cl2F3N2O2.